The van der Waals surface area contributed by atoms with Gasteiger partial charge in [-0.25, -0.2) is 0 Å². The molecule has 0 aliphatic heterocycles. The second-order valence-electron chi connectivity index (χ2n) is 5.57. The summed E-state index contributed by atoms with van der Waals surface area (Å²) in [7, 11) is 0. The van der Waals surface area contributed by atoms with Gasteiger partial charge >= 0.3 is 5.97 Å². The maximum absolute atomic E-state index is 12.1. The molecule has 0 aliphatic rings. The van der Waals surface area contributed by atoms with E-state index in [0.29, 0.717) is 5.75 Å². The molecule has 0 bridgehead atoms. The Morgan fingerprint density at radius 2 is 1.88 bits per heavy atom. The molecule has 1 amide bonds. The molecule has 0 saturated carbocycles. The number of aromatic nitrogens is 1. The van der Waals surface area contributed by atoms with Crippen LogP contribution in [0.25, 0.3) is 10.9 Å². The van der Waals surface area contributed by atoms with Crippen molar-refractivity contribution in [3.05, 3.63) is 66.4 Å². The summed E-state index contributed by atoms with van der Waals surface area (Å²) in [6.45, 7) is 0.0845. The lowest BCUT2D eigenvalue weighted by Crippen LogP contribution is -2.20. The molecule has 3 aromatic rings. The third-order valence-electron chi connectivity index (χ3n) is 3.66. The number of ether oxygens (including phenoxy) is 2. The van der Waals surface area contributed by atoms with Crippen molar-refractivity contribution in [1.82, 2.24) is 4.57 Å². The third kappa shape index (κ3) is 4.38. The van der Waals surface area contributed by atoms with Crippen molar-refractivity contribution in [3.8, 4) is 5.75 Å². The van der Waals surface area contributed by atoms with Crippen LogP contribution in [0.5, 0.6) is 5.75 Å². The SMILES string of the molecule is NC(=O)COc1cccc(COC(=O)Cn2ccc3ccccc32)c1. The van der Waals surface area contributed by atoms with E-state index in [1.165, 1.54) is 0 Å². The van der Waals surface area contributed by atoms with E-state index in [1.54, 1.807) is 18.2 Å². The van der Waals surface area contributed by atoms with E-state index >= 15 is 0 Å². The Bertz CT molecular complexity index is 901. The highest BCUT2D eigenvalue weighted by molar-refractivity contribution is 5.81. The van der Waals surface area contributed by atoms with Gasteiger partial charge in [0.05, 0.1) is 0 Å². The van der Waals surface area contributed by atoms with Crippen LogP contribution in [0.4, 0.5) is 0 Å². The van der Waals surface area contributed by atoms with E-state index < -0.39 is 5.91 Å². The molecule has 2 N–H and O–H groups in total. The Morgan fingerprint density at radius 3 is 2.72 bits per heavy atom. The molecule has 3 rings (SSSR count). The van der Waals surface area contributed by atoms with Crippen LogP contribution < -0.4 is 10.5 Å². The second kappa shape index (κ2) is 7.53. The number of hydrogen-bond donors (Lipinski definition) is 1. The van der Waals surface area contributed by atoms with Gasteiger partial charge in [-0.1, -0.05) is 30.3 Å². The van der Waals surface area contributed by atoms with Crippen LogP contribution in [0.15, 0.2) is 60.8 Å². The molecule has 1 aromatic heterocycles. The van der Waals surface area contributed by atoms with Crippen LogP contribution in [-0.2, 0) is 27.5 Å². The molecule has 0 spiro atoms. The van der Waals surface area contributed by atoms with Gasteiger partial charge in [0.15, 0.2) is 6.61 Å². The van der Waals surface area contributed by atoms with Gasteiger partial charge in [0, 0.05) is 11.7 Å². The summed E-state index contributed by atoms with van der Waals surface area (Å²) in [4.78, 5) is 22.8. The highest BCUT2D eigenvalue weighted by Gasteiger charge is 2.08. The van der Waals surface area contributed by atoms with Gasteiger partial charge in [-0.05, 0) is 35.2 Å². The highest BCUT2D eigenvalue weighted by atomic mass is 16.5. The molecule has 6 nitrogen and oxygen atoms in total. The summed E-state index contributed by atoms with van der Waals surface area (Å²) >= 11 is 0. The van der Waals surface area contributed by atoms with Gasteiger partial charge in [0.1, 0.15) is 18.9 Å². The number of amides is 1. The van der Waals surface area contributed by atoms with Gasteiger partial charge in [-0.3, -0.25) is 9.59 Å². The smallest absolute Gasteiger partial charge is 0.326 e. The number of carbonyl (C=O) groups excluding carboxylic acids is 2. The first-order valence-corrected chi connectivity index (χ1v) is 7.81. The second-order valence-corrected chi connectivity index (χ2v) is 5.57. The Labute approximate surface area is 144 Å². The number of esters is 1. The minimum absolute atomic E-state index is 0.131. The number of rotatable bonds is 7. The Balaban J connectivity index is 1.57. The quantitative estimate of drug-likeness (QED) is 0.670. The van der Waals surface area contributed by atoms with Crippen molar-refractivity contribution in [2.24, 2.45) is 5.73 Å². The summed E-state index contributed by atoms with van der Waals surface area (Å²) < 4.78 is 12.4. The van der Waals surface area contributed by atoms with Gasteiger partial charge in [-0.15, -0.1) is 0 Å². The number of hydrogen-bond acceptors (Lipinski definition) is 4. The number of primary amides is 1. The molecule has 0 atom stereocenters. The summed E-state index contributed by atoms with van der Waals surface area (Å²) in [6, 6.07) is 16.8. The molecule has 6 heteroatoms. The summed E-state index contributed by atoms with van der Waals surface area (Å²) in [5.74, 6) is -0.371. The molecule has 0 radical (unpaired) electrons. The molecule has 1 heterocycles. The minimum atomic E-state index is -0.546. The molecule has 25 heavy (non-hydrogen) atoms. The molecule has 2 aromatic carbocycles. The number of nitrogens with two attached hydrogens (primary N) is 1. The van der Waals surface area contributed by atoms with Crippen LogP contribution in [0, 0.1) is 0 Å². The van der Waals surface area contributed by atoms with Crippen LogP contribution >= 0.6 is 0 Å². The molecule has 128 valence electrons. The van der Waals surface area contributed by atoms with E-state index in [0.717, 1.165) is 16.5 Å². The standard InChI is InChI=1S/C19H18N2O4/c20-18(22)13-24-16-6-3-4-14(10-16)12-25-19(23)11-21-9-8-15-5-1-2-7-17(15)21/h1-10H,11-13H2,(H2,20,22). The van der Waals surface area contributed by atoms with Gasteiger partial charge in [0.2, 0.25) is 0 Å². The summed E-state index contributed by atoms with van der Waals surface area (Å²) in [5.41, 5.74) is 6.80. The molecule has 0 fully saturated rings. The molecule has 0 aliphatic carbocycles. The number of carbonyl (C=O) groups is 2. The first kappa shape index (κ1) is 16.6. The van der Waals surface area contributed by atoms with E-state index in [2.05, 4.69) is 0 Å². The van der Waals surface area contributed by atoms with Crippen LogP contribution in [-0.4, -0.2) is 23.1 Å². The average molecular weight is 338 g/mol. The summed E-state index contributed by atoms with van der Waals surface area (Å²) in [6.07, 6.45) is 1.87. The first-order chi connectivity index (χ1) is 12.1. The van der Waals surface area contributed by atoms with Crippen LogP contribution in [0.2, 0.25) is 0 Å². The van der Waals surface area contributed by atoms with E-state index in [4.69, 9.17) is 15.2 Å². The van der Waals surface area contributed by atoms with Crippen molar-refractivity contribution in [1.29, 1.82) is 0 Å². The number of benzene rings is 2. The average Bonchev–Trinajstić information content (AvgIpc) is 3.02. The lowest BCUT2D eigenvalue weighted by atomic mass is 10.2. The van der Waals surface area contributed by atoms with E-state index in [-0.39, 0.29) is 25.7 Å². The lowest BCUT2D eigenvalue weighted by Gasteiger charge is -2.09. The Morgan fingerprint density at radius 1 is 1.04 bits per heavy atom. The topological polar surface area (TPSA) is 83.6 Å². The number of nitrogens with zero attached hydrogens (tertiary/aromatic N) is 1. The van der Waals surface area contributed by atoms with Crippen molar-refractivity contribution in [2.45, 2.75) is 13.2 Å². The molecule has 0 unspecified atom stereocenters. The molecular formula is C19H18N2O4. The van der Waals surface area contributed by atoms with Crippen LogP contribution in [0.3, 0.4) is 0 Å². The van der Waals surface area contributed by atoms with Crippen LogP contribution in [0.1, 0.15) is 5.56 Å². The zero-order valence-corrected chi connectivity index (χ0v) is 13.6. The van der Waals surface area contributed by atoms with Crippen molar-refractivity contribution in [3.63, 3.8) is 0 Å². The zero-order valence-electron chi connectivity index (χ0n) is 13.6. The van der Waals surface area contributed by atoms with Gasteiger partial charge in [0.25, 0.3) is 5.91 Å². The van der Waals surface area contributed by atoms with Gasteiger partial charge < -0.3 is 19.8 Å². The third-order valence-corrected chi connectivity index (χ3v) is 3.66. The fourth-order valence-electron chi connectivity index (χ4n) is 2.51. The minimum Gasteiger partial charge on any atom is -0.484 e. The normalized spacial score (nSPS) is 10.6. The zero-order chi connectivity index (χ0) is 17.6. The van der Waals surface area contributed by atoms with Crippen molar-refractivity contribution >= 4 is 22.8 Å². The molecular weight excluding hydrogens is 320 g/mol. The fraction of sp³-hybridized carbons (Fsp3) is 0.158. The molecule has 0 saturated heterocycles. The maximum Gasteiger partial charge on any atom is 0.326 e. The first-order valence-electron chi connectivity index (χ1n) is 7.81. The van der Waals surface area contributed by atoms with Gasteiger partial charge in [-0.2, -0.15) is 0 Å². The Kier molecular flexibility index (Phi) is 4.99. The largest absolute Gasteiger partial charge is 0.484 e. The maximum atomic E-state index is 12.1. The fourth-order valence-corrected chi connectivity index (χ4v) is 2.51. The predicted octanol–water partition coefficient (Wildman–Crippen LogP) is 2.25. The monoisotopic (exact) mass is 338 g/mol. The van der Waals surface area contributed by atoms with E-state index in [1.807, 2.05) is 47.2 Å². The lowest BCUT2D eigenvalue weighted by molar-refractivity contribution is -0.145. The Hall–Kier alpha value is -3.28. The number of fused-ring (bicyclic) bond motifs is 1. The van der Waals surface area contributed by atoms with Crippen molar-refractivity contribution < 1.29 is 19.1 Å². The van der Waals surface area contributed by atoms with E-state index in [9.17, 15) is 9.59 Å². The highest BCUT2D eigenvalue weighted by Crippen LogP contribution is 2.16. The summed E-state index contributed by atoms with van der Waals surface area (Å²) in [5, 5.41) is 1.08. The number of para-hydroxylation sites is 1. The predicted molar refractivity (Wildman–Crippen MR) is 92.9 cm³/mol. The van der Waals surface area contributed by atoms with Crippen molar-refractivity contribution in [2.75, 3.05) is 6.61 Å².